The van der Waals surface area contributed by atoms with Crippen LogP contribution in [0.2, 0.25) is 0 Å². The molecule has 0 aromatic heterocycles. The molecule has 2 heterocycles. The first-order valence-electron chi connectivity index (χ1n) is 12.7. The molecule has 2 aliphatic heterocycles. The molecule has 2 aromatic rings. The van der Waals surface area contributed by atoms with Crippen LogP contribution in [0.3, 0.4) is 0 Å². The minimum atomic E-state index is -0.923. The molecule has 0 spiro atoms. The van der Waals surface area contributed by atoms with Gasteiger partial charge in [0.2, 0.25) is 18.1 Å². The molecule has 4 atom stereocenters. The van der Waals surface area contributed by atoms with Crippen molar-refractivity contribution in [1.29, 1.82) is 0 Å². The van der Waals surface area contributed by atoms with Crippen molar-refractivity contribution in [2.24, 2.45) is 0 Å². The molecular weight excluding hydrogens is 490 g/mol. The van der Waals surface area contributed by atoms with E-state index in [0.29, 0.717) is 36.1 Å². The molecule has 10 nitrogen and oxygen atoms in total. The molecular formula is C28H33N3O7. The van der Waals surface area contributed by atoms with Crippen molar-refractivity contribution in [2.45, 2.75) is 71.1 Å². The zero-order valence-electron chi connectivity index (χ0n) is 21.7. The van der Waals surface area contributed by atoms with Gasteiger partial charge in [-0.1, -0.05) is 30.3 Å². The lowest BCUT2D eigenvalue weighted by Gasteiger charge is -2.28. The summed E-state index contributed by atoms with van der Waals surface area (Å²) in [6, 6.07) is 10.2. The number of likely N-dealkylation sites (tertiary alicyclic amines) is 1. The van der Waals surface area contributed by atoms with Gasteiger partial charge in [0.1, 0.15) is 23.9 Å². The van der Waals surface area contributed by atoms with Crippen molar-refractivity contribution in [3.63, 3.8) is 0 Å². The first kappa shape index (κ1) is 27.1. The number of carbonyl (C=O) groups excluding carboxylic acids is 4. The number of amides is 3. The number of aryl methyl sites for hydroxylation is 2. The molecule has 0 saturated carbocycles. The number of nitrogens with one attached hydrogen (secondary N) is 2. The maximum Gasteiger partial charge on any atom is 0.310 e. The summed E-state index contributed by atoms with van der Waals surface area (Å²) >= 11 is 0. The Bertz CT molecular complexity index is 1190. The molecule has 3 N–H and O–H groups in total. The number of rotatable bonds is 8. The topological polar surface area (TPSA) is 134 Å². The number of phenolic OH excluding ortho intramolecular Hbond substituents is 1. The molecule has 2 unspecified atom stereocenters. The highest BCUT2D eigenvalue weighted by atomic mass is 16.7. The van der Waals surface area contributed by atoms with Crippen LogP contribution < -0.4 is 10.6 Å². The highest BCUT2D eigenvalue weighted by Crippen LogP contribution is 2.24. The van der Waals surface area contributed by atoms with Gasteiger partial charge in [0, 0.05) is 12.1 Å². The van der Waals surface area contributed by atoms with E-state index in [9.17, 15) is 24.3 Å². The fraction of sp³-hybridized carbons (Fsp3) is 0.429. The molecule has 10 heteroatoms. The van der Waals surface area contributed by atoms with Gasteiger partial charge in [-0.15, -0.1) is 0 Å². The molecule has 38 heavy (non-hydrogen) atoms. The third-order valence-corrected chi connectivity index (χ3v) is 6.86. The Morgan fingerprint density at radius 1 is 1.16 bits per heavy atom. The van der Waals surface area contributed by atoms with Crippen molar-refractivity contribution >= 4 is 23.7 Å². The summed E-state index contributed by atoms with van der Waals surface area (Å²) in [5, 5.41) is 15.5. The number of benzene rings is 2. The normalized spacial score (nSPS) is 21.6. The molecule has 4 rings (SSSR count). The first-order valence-corrected chi connectivity index (χ1v) is 12.7. The molecule has 0 radical (unpaired) electrons. The Hall–Kier alpha value is -3.92. The fourth-order valence-corrected chi connectivity index (χ4v) is 4.82. The largest absolute Gasteiger partial charge is 0.507 e. The van der Waals surface area contributed by atoms with E-state index >= 15 is 0 Å². The van der Waals surface area contributed by atoms with Gasteiger partial charge in [-0.3, -0.25) is 19.2 Å². The summed E-state index contributed by atoms with van der Waals surface area (Å²) in [6.07, 6.45) is 0.150. The van der Waals surface area contributed by atoms with E-state index in [1.807, 2.05) is 30.3 Å². The van der Waals surface area contributed by atoms with Crippen molar-refractivity contribution in [3.8, 4) is 5.75 Å². The second-order valence-corrected chi connectivity index (χ2v) is 9.82. The van der Waals surface area contributed by atoms with Crippen LogP contribution in [0, 0.1) is 13.8 Å². The van der Waals surface area contributed by atoms with Gasteiger partial charge in [0.15, 0.2) is 0 Å². The van der Waals surface area contributed by atoms with Gasteiger partial charge in [-0.05, 0) is 62.4 Å². The summed E-state index contributed by atoms with van der Waals surface area (Å²) in [4.78, 5) is 52.6. The van der Waals surface area contributed by atoms with E-state index < -0.39 is 42.2 Å². The SMILES string of the molecule is Cc1cc(C(=O)N[C@@H](C)C(=O)N2CCC[C@H]2C(=O)NC2CC(=O)OC2OCc2ccccc2)cc(C)c1O. The number of cyclic esters (lactones) is 1. The van der Waals surface area contributed by atoms with Gasteiger partial charge >= 0.3 is 5.97 Å². The van der Waals surface area contributed by atoms with Crippen LogP contribution in [0.5, 0.6) is 5.75 Å². The summed E-state index contributed by atoms with van der Waals surface area (Å²) in [7, 11) is 0. The van der Waals surface area contributed by atoms with E-state index in [0.717, 1.165) is 5.56 Å². The predicted molar refractivity (Wildman–Crippen MR) is 137 cm³/mol. The smallest absolute Gasteiger partial charge is 0.310 e. The number of aromatic hydroxyl groups is 1. The predicted octanol–water partition coefficient (Wildman–Crippen LogP) is 2.09. The molecule has 2 fully saturated rings. The highest BCUT2D eigenvalue weighted by molar-refractivity contribution is 5.99. The van der Waals surface area contributed by atoms with Crippen LogP contribution >= 0.6 is 0 Å². The highest BCUT2D eigenvalue weighted by Gasteiger charge is 2.41. The lowest BCUT2D eigenvalue weighted by atomic mass is 10.0. The Kier molecular flexibility index (Phi) is 8.31. The third-order valence-electron chi connectivity index (χ3n) is 6.86. The maximum absolute atomic E-state index is 13.2. The standard InChI is InChI=1S/C28H33N3O7/c1-16-12-20(13-17(2)24(16)33)25(34)29-18(3)27(36)31-11-7-10-22(31)26(35)30-21-14-23(32)38-28(21)37-15-19-8-5-4-6-9-19/h4-6,8-9,12-13,18,21-22,28,33H,7,10-11,14-15H2,1-3H3,(H,29,34)(H,30,35)/t18-,21?,22-,28?/m0/s1. The quantitative estimate of drug-likeness (QED) is 0.451. The van der Waals surface area contributed by atoms with Crippen molar-refractivity contribution in [2.75, 3.05) is 6.54 Å². The van der Waals surface area contributed by atoms with Gasteiger partial charge < -0.3 is 30.1 Å². The zero-order chi connectivity index (χ0) is 27.4. The van der Waals surface area contributed by atoms with Crippen molar-refractivity contribution < 1.29 is 33.8 Å². The van der Waals surface area contributed by atoms with Gasteiger partial charge in [-0.25, -0.2) is 0 Å². The average Bonchev–Trinajstić information content (AvgIpc) is 3.52. The lowest BCUT2D eigenvalue weighted by molar-refractivity contribution is -0.168. The van der Waals surface area contributed by atoms with Gasteiger partial charge in [-0.2, -0.15) is 0 Å². The molecule has 2 aromatic carbocycles. The molecule has 3 amide bonds. The summed E-state index contributed by atoms with van der Waals surface area (Å²) in [6.45, 7) is 5.56. The number of phenols is 1. The Morgan fingerprint density at radius 3 is 2.53 bits per heavy atom. The minimum Gasteiger partial charge on any atom is -0.507 e. The van der Waals surface area contributed by atoms with Gasteiger partial charge in [0.25, 0.3) is 5.91 Å². The number of esters is 1. The molecule has 2 aliphatic rings. The average molecular weight is 524 g/mol. The lowest BCUT2D eigenvalue weighted by Crippen LogP contribution is -2.54. The third kappa shape index (κ3) is 6.13. The van der Waals surface area contributed by atoms with Crippen LogP contribution in [0.1, 0.15) is 53.2 Å². The van der Waals surface area contributed by atoms with Crippen LogP contribution in [0.4, 0.5) is 0 Å². The summed E-state index contributed by atoms with van der Waals surface area (Å²) < 4.78 is 11.0. The van der Waals surface area contributed by atoms with Crippen LogP contribution in [-0.4, -0.2) is 64.7 Å². The van der Waals surface area contributed by atoms with E-state index in [4.69, 9.17) is 9.47 Å². The van der Waals surface area contributed by atoms with E-state index in [2.05, 4.69) is 10.6 Å². The Morgan fingerprint density at radius 2 is 1.84 bits per heavy atom. The number of hydrogen-bond acceptors (Lipinski definition) is 7. The zero-order valence-corrected chi connectivity index (χ0v) is 21.7. The minimum absolute atomic E-state index is 0.0240. The number of carbonyl (C=O) groups is 4. The molecule has 0 aliphatic carbocycles. The van der Waals surface area contributed by atoms with E-state index in [1.54, 1.807) is 32.9 Å². The fourth-order valence-electron chi connectivity index (χ4n) is 4.82. The summed E-state index contributed by atoms with van der Waals surface area (Å²) in [5.41, 5.74) is 2.36. The van der Waals surface area contributed by atoms with Crippen LogP contribution in [0.15, 0.2) is 42.5 Å². The molecule has 0 bridgehead atoms. The Labute approximate surface area is 221 Å². The monoisotopic (exact) mass is 523 g/mol. The van der Waals surface area contributed by atoms with Crippen LogP contribution in [0.25, 0.3) is 0 Å². The molecule has 202 valence electrons. The van der Waals surface area contributed by atoms with Crippen LogP contribution in [-0.2, 0) is 30.5 Å². The number of ether oxygens (including phenoxy) is 2. The number of nitrogens with zero attached hydrogens (tertiary/aromatic N) is 1. The second-order valence-electron chi connectivity index (χ2n) is 9.82. The van der Waals surface area contributed by atoms with Crippen molar-refractivity contribution in [1.82, 2.24) is 15.5 Å². The number of hydrogen-bond donors (Lipinski definition) is 3. The van der Waals surface area contributed by atoms with Gasteiger partial charge in [0.05, 0.1) is 13.0 Å². The van der Waals surface area contributed by atoms with E-state index in [1.165, 1.54) is 4.90 Å². The first-order chi connectivity index (χ1) is 18.1. The Balaban J connectivity index is 1.35. The maximum atomic E-state index is 13.2. The molecule has 2 saturated heterocycles. The van der Waals surface area contributed by atoms with Crippen molar-refractivity contribution in [3.05, 3.63) is 64.7 Å². The summed E-state index contributed by atoms with van der Waals surface area (Å²) in [5.74, 6) is -1.56. The second kappa shape index (κ2) is 11.6. The van der Waals surface area contributed by atoms with E-state index in [-0.39, 0.29) is 24.7 Å².